The number of rotatable bonds is 6. The predicted octanol–water partition coefficient (Wildman–Crippen LogP) is 5.31. The van der Waals surface area contributed by atoms with Gasteiger partial charge in [-0.15, -0.1) is 0 Å². The quantitative estimate of drug-likeness (QED) is 0.735. The molecule has 0 amide bonds. The van der Waals surface area contributed by atoms with E-state index in [9.17, 15) is 0 Å². The maximum atomic E-state index is 4.54. The molecular formula is C19H29N3. The molecule has 0 saturated heterocycles. The number of para-hydroxylation sites is 1. The van der Waals surface area contributed by atoms with Crippen molar-refractivity contribution in [3.8, 4) is 0 Å². The van der Waals surface area contributed by atoms with Crippen LogP contribution in [0.1, 0.15) is 65.9 Å². The lowest BCUT2D eigenvalue weighted by Crippen LogP contribution is -2.17. The van der Waals surface area contributed by atoms with Gasteiger partial charge in [0.2, 0.25) is 0 Å². The van der Waals surface area contributed by atoms with Crippen molar-refractivity contribution in [3.63, 3.8) is 0 Å². The molecule has 0 bridgehead atoms. The molecule has 0 saturated carbocycles. The molecule has 0 unspecified atom stereocenters. The highest BCUT2D eigenvalue weighted by atomic mass is 15.0. The predicted molar refractivity (Wildman–Crippen MR) is 95.5 cm³/mol. The van der Waals surface area contributed by atoms with Crippen molar-refractivity contribution in [2.75, 3.05) is 5.32 Å². The maximum absolute atomic E-state index is 4.54. The molecule has 3 nitrogen and oxygen atoms in total. The van der Waals surface area contributed by atoms with Crippen LogP contribution in [0.2, 0.25) is 0 Å². The minimum atomic E-state index is 0.0812. The lowest BCUT2D eigenvalue weighted by molar-refractivity contribution is 0.594. The van der Waals surface area contributed by atoms with Crippen molar-refractivity contribution >= 4 is 16.7 Å². The number of hydrogen-bond acceptors (Lipinski definition) is 3. The number of nitrogens with one attached hydrogen (secondary N) is 1. The third-order valence-electron chi connectivity index (χ3n) is 4.10. The van der Waals surface area contributed by atoms with Crippen LogP contribution in [-0.2, 0) is 5.41 Å². The fourth-order valence-corrected chi connectivity index (χ4v) is 2.81. The van der Waals surface area contributed by atoms with Crippen molar-refractivity contribution in [1.82, 2.24) is 9.97 Å². The van der Waals surface area contributed by atoms with Crippen LogP contribution in [0.15, 0.2) is 24.5 Å². The molecule has 0 aliphatic carbocycles. The molecule has 120 valence electrons. The molecule has 2 rings (SSSR count). The number of aromatic nitrogens is 2. The number of benzene rings is 1. The van der Waals surface area contributed by atoms with Crippen molar-refractivity contribution in [3.05, 3.63) is 30.1 Å². The Hall–Kier alpha value is -1.64. The van der Waals surface area contributed by atoms with Crippen LogP contribution in [0.25, 0.3) is 10.9 Å². The lowest BCUT2D eigenvalue weighted by Gasteiger charge is -2.22. The summed E-state index contributed by atoms with van der Waals surface area (Å²) in [5, 5.41) is 4.69. The van der Waals surface area contributed by atoms with Crippen LogP contribution >= 0.6 is 0 Å². The Bertz CT molecular complexity index is 614. The van der Waals surface area contributed by atoms with E-state index >= 15 is 0 Å². The molecule has 3 heteroatoms. The lowest BCUT2D eigenvalue weighted by atomic mass is 9.85. The Kier molecular flexibility index (Phi) is 5.38. The molecule has 0 aliphatic heterocycles. The summed E-state index contributed by atoms with van der Waals surface area (Å²) in [4.78, 5) is 9.02. The first-order valence-corrected chi connectivity index (χ1v) is 8.44. The van der Waals surface area contributed by atoms with E-state index in [0.29, 0.717) is 6.04 Å². The van der Waals surface area contributed by atoms with Crippen molar-refractivity contribution in [2.24, 2.45) is 0 Å². The van der Waals surface area contributed by atoms with Gasteiger partial charge >= 0.3 is 0 Å². The van der Waals surface area contributed by atoms with Crippen molar-refractivity contribution in [1.29, 1.82) is 0 Å². The largest absolute Gasteiger partial charge is 0.367 e. The zero-order valence-electron chi connectivity index (χ0n) is 14.6. The van der Waals surface area contributed by atoms with Crippen molar-refractivity contribution in [2.45, 2.75) is 71.8 Å². The Morgan fingerprint density at radius 2 is 1.91 bits per heavy atom. The first-order chi connectivity index (χ1) is 10.4. The van der Waals surface area contributed by atoms with Gasteiger partial charge in [0, 0.05) is 11.4 Å². The smallest absolute Gasteiger partial charge is 0.137 e. The van der Waals surface area contributed by atoms with Gasteiger partial charge in [-0.3, -0.25) is 0 Å². The molecule has 22 heavy (non-hydrogen) atoms. The highest BCUT2D eigenvalue weighted by Crippen LogP contribution is 2.31. The van der Waals surface area contributed by atoms with Gasteiger partial charge < -0.3 is 5.32 Å². The molecule has 1 heterocycles. The molecule has 1 atom stereocenters. The van der Waals surface area contributed by atoms with E-state index in [4.69, 9.17) is 0 Å². The van der Waals surface area contributed by atoms with E-state index in [0.717, 1.165) is 16.7 Å². The highest BCUT2D eigenvalue weighted by molar-refractivity contribution is 5.91. The van der Waals surface area contributed by atoms with Gasteiger partial charge in [0.1, 0.15) is 12.1 Å². The zero-order valence-corrected chi connectivity index (χ0v) is 14.6. The number of unbranched alkanes of at least 4 members (excludes halogenated alkanes) is 2. The minimum absolute atomic E-state index is 0.0812. The first-order valence-electron chi connectivity index (χ1n) is 8.44. The van der Waals surface area contributed by atoms with Gasteiger partial charge in [0.15, 0.2) is 0 Å². The second-order valence-electron chi connectivity index (χ2n) is 7.22. The topological polar surface area (TPSA) is 37.8 Å². The monoisotopic (exact) mass is 299 g/mol. The summed E-state index contributed by atoms with van der Waals surface area (Å²) in [6.07, 6.45) is 6.68. The standard InChI is InChI=1S/C19H29N3/c1-6-7-8-10-14(2)22-18-15-11-9-12-16(19(3,4)5)17(15)20-13-21-18/h9,11-14H,6-8,10H2,1-5H3,(H,20,21,22)/t14-/m0/s1. The Balaban J connectivity index is 2.28. The van der Waals surface area contributed by atoms with Gasteiger partial charge in [-0.25, -0.2) is 9.97 Å². The number of anilines is 1. The summed E-state index contributed by atoms with van der Waals surface area (Å²) in [7, 11) is 0. The molecule has 0 aliphatic rings. The van der Waals surface area contributed by atoms with Crippen LogP contribution in [0.3, 0.4) is 0 Å². The van der Waals surface area contributed by atoms with Crippen LogP contribution in [0.4, 0.5) is 5.82 Å². The van der Waals surface area contributed by atoms with Crippen LogP contribution < -0.4 is 5.32 Å². The SMILES string of the molecule is CCCCC[C@H](C)Nc1ncnc2c(C(C)(C)C)cccc12. The summed E-state index contributed by atoms with van der Waals surface area (Å²) in [5.41, 5.74) is 2.42. The first kappa shape index (κ1) is 16.7. The summed E-state index contributed by atoms with van der Waals surface area (Å²) < 4.78 is 0. The minimum Gasteiger partial charge on any atom is -0.367 e. The van der Waals surface area contributed by atoms with Gasteiger partial charge in [-0.1, -0.05) is 59.1 Å². The molecule has 2 aromatic rings. The van der Waals surface area contributed by atoms with E-state index in [2.05, 4.69) is 68.1 Å². The normalized spacial score (nSPS) is 13.3. The van der Waals surface area contributed by atoms with E-state index in [-0.39, 0.29) is 5.41 Å². The van der Waals surface area contributed by atoms with Crippen LogP contribution in [0.5, 0.6) is 0 Å². The summed E-state index contributed by atoms with van der Waals surface area (Å²) in [5.74, 6) is 0.958. The zero-order chi connectivity index (χ0) is 16.2. The van der Waals surface area contributed by atoms with E-state index in [1.54, 1.807) is 6.33 Å². The van der Waals surface area contributed by atoms with Gasteiger partial charge in [-0.2, -0.15) is 0 Å². The third-order valence-corrected chi connectivity index (χ3v) is 4.10. The van der Waals surface area contributed by atoms with Gasteiger partial charge in [-0.05, 0) is 30.4 Å². The molecule has 0 spiro atoms. The highest BCUT2D eigenvalue weighted by Gasteiger charge is 2.19. The molecule has 1 N–H and O–H groups in total. The fourth-order valence-electron chi connectivity index (χ4n) is 2.81. The van der Waals surface area contributed by atoms with Crippen LogP contribution in [0, 0.1) is 0 Å². The van der Waals surface area contributed by atoms with E-state index in [1.165, 1.54) is 31.2 Å². The second kappa shape index (κ2) is 7.08. The van der Waals surface area contributed by atoms with Crippen molar-refractivity contribution < 1.29 is 0 Å². The summed E-state index contributed by atoms with van der Waals surface area (Å²) in [6, 6.07) is 6.83. The third kappa shape index (κ3) is 3.96. The number of nitrogens with zero attached hydrogens (tertiary/aromatic N) is 2. The summed E-state index contributed by atoms with van der Waals surface area (Å²) >= 11 is 0. The van der Waals surface area contributed by atoms with Gasteiger partial charge in [0.25, 0.3) is 0 Å². The Labute approximate surface area is 134 Å². The molecular weight excluding hydrogens is 270 g/mol. The maximum Gasteiger partial charge on any atom is 0.137 e. The molecule has 0 radical (unpaired) electrons. The number of hydrogen-bond donors (Lipinski definition) is 1. The fraction of sp³-hybridized carbons (Fsp3) is 0.579. The van der Waals surface area contributed by atoms with E-state index in [1.807, 2.05) is 0 Å². The molecule has 0 fully saturated rings. The second-order valence-corrected chi connectivity index (χ2v) is 7.22. The Morgan fingerprint density at radius 3 is 2.59 bits per heavy atom. The van der Waals surface area contributed by atoms with Crippen LogP contribution in [-0.4, -0.2) is 16.0 Å². The average molecular weight is 299 g/mol. The number of fused-ring (bicyclic) bond motifs is 1. The molecule has 1 aromatic heterocycles. The molecule has 1 aromatic carbocycles. The average Bonchev–Trinajstić information content (AvgIpc) is 2.46. The summed E-state index contributed by atoms with van der Waals surface area (Å²) in [6.45, 7) is 11.2. The Morgan fingerprint density at radius 1 is 1.14 bits per heavy atom. The van der Waals surface area contributed by atoms with Gasteiger partial charge in [0.05, 0.1) is 5.52 Å². The van der Waals surface area contributed by atoms with E-state index < -0.39 is 0 Å².